The maximum absolute atomic E-state index is 14.1. The molecule has 3 N–H and O–H groups in total. The fourth-order valence-corrected chi connectivity index (χ4v) is 11.5. The van der Waals surface area contributed by atoms with Crippen molar-refractivity contribution in [1.29, 1.82) is 0 Å². The average molecular weight is 1330 g/mol. The van der Waals surface area contributed by atoms with E-state index in [2.05, 4.69) is 35.5 Å². The number of allylic oxidation sites excluding steroid dienone is 3. The Hall–Kier alpha value is -3.32. The molecule has 0 spiro atoms. The first-order valence-electron chi connectivity index (χ1n) is 33.0. The van der Waals surface area contributed by atoms with Crippen LogP contribution in [0.4, 0.5) is 0 Å². The van der Waals surface area contributed by atoms with Crippen LogP contribution in [0, 0.1) is 0 Å². The van der Waals surface area contributed by atoms with Gasteiger partial charge in [0.15, 0.2) is 18.5 Å². The van der Waals surface area contributed by atoms with Crippen molar-refractivity contribution in [2.24, 2.45) is 0 Å². The van der Waals surface area contributed by atoms with Crippen molar-refractivity contribution in [3.63, 3.8) is 0 Å². The zero-order valence-corrected chi connectivity index (χ0v) is 60.5. The van der Waals surface area contributed by atoms with Gasteiger partial charge < -0.3 is 29.0 Å². The van der Waals surface area contributed by atoms with Gasteiger partial charge in [0.25, 0.3) is 0 Å². The van der Waals surface area contributed by atoms with Crippen LogP contribution in [-0.4, -0.2) is 106 Å². The van der Waals surface area contributed by atoms with Gasteiger partial charge >= 0.3 is 97.8 Å². The zero-order chi connectivity index (χ0) is 64.2. The molecule has 3 aromatic carbocycles. The smallest absolute Gasteiger partial charge is 0.452 e. The third kappa shape index (κ3) is 38.7. The van der Waals surface area contributed by atoms with Crippen LogP contribution in [0.15, 0.2) is 115 Å². The minimum absolute atomic E-state index is 0. The van der Waals surface area contributed by atoms with Gasteiger partial charge in [-0.2, -0.15) is 16.8 Å². The molecule has 1 aliphatic rings. The van der Waals surface area contributed by atoms with Gasteiger partial charge in [0.05, 0.1) is 35.9 Å². The van der Waals surface area contributed by atoms with Gasteiger partial charge in [0.1, 0.15) is 18.3 Å². The van der Waals surface area contributed by atoms with Crippen LogP contribution in [0.2, 0.25) is 0 Å². The molecule has 22 heteroatoms. The van der Waals surface area contributed by atoms with Gasteiger partial charge in [-0.25, -0.2) is 22.7 Å². The molecule has 498 valence electrons. The van der Waals surface area contributed by atoms with Crippen molar-refractivity contribution >= 4 is 44.6 Å². The first kappa shape index (κ1) is 83.8. The quantitative estimate of drug-likeness (QED) is 0.0119. The van der Waals surface area contributed by atoms with Crippen molar-refractivity contribution in [3.05, 3.63) is 132 Å². The minimum Gasteiger partial charge on any atom is -0.452 e. The Bertz CT molecular complexity index is 2690. The molecule has 1 saturated heterocycles. The Morgan fingerprint density at radius 1 is 0.495 bits per heavy atom. The second-order valence-corrected chi connectivity index (χ2v) is 25.3. The summed E-state index contributed by atoms with van der Waals surface area (Å²) in [5.41, 5.74) is 0.126. The number of unbranched alkanes of at least 4 members (excludes halogenated alkanes) is 28. The summed E-state index contributed by atoms with van der Waals surface area (Å²) in [4.78, 5) is 56.0. The summed E-state index contributed by atoms with van der Waals surface area (Å²) in [6.45, 7) is 2.63. The second kappa shape index (κ2) is 51.0. The van der Waals surface area contributed by atoms with Crippen molar-refractivity contribution in [3.8, 4) is 0 Å². The van der Waals surface area contributed by atoms with Crippen LogP contribution in [-0.2, 0) is 57.6 Å². The molecule has 1 amide bonds. The molecule has 0 bridgehead atoms. The maximum atomic E-state index is 14.1. The van der Waals surface area contributed by atoms with E-state index in [1.807, 2.05) is 6.08 Å². The van der Waals surface area contributed by atoms with E-state index in [9.17, 15) is 45.1 Å². The summed E-state index contributed by atoms with van der Waals surface area (Å²) in [5, 5.41) is 3.00. The van der Waals surface area contributed by atoms with Gasteiger partial charge in [-0.05, 0) is 87.4 Å². The summed E-state index contributed by atoms with van der Waals surface area (Å²) >= 11 is 0. The summed E-state index contributed by atoms with van der Waals surface area (Å²) < 4.78 is 109. The summed E-state index contributed by atoms with van der Waals surface area (Å²) in [5.74, 6) is -3.30. The number of carbonyl (C=O) groups excluding carboxylic acids is 4. The van der Waals surface area contributed by atoms with Crippen molar-refractivity contribution < 1.29 is 136 Å². The third-order valence-electron chi connectivity index (χ3n) is 15.6. The van der Waals surface area contributed by atoms with Gasteiger partial charge in [-0.15, -0.1) is 0 Å². The van der Waals surface area contributed by atoms with Crippen LogP contribution in [0.3, 0.4) is 0 Å². The van der Waals surface area contributed by atoms with Crippen molar-refractivity contribution in [2.45, 2.75) is 262 Å². The topological polar surface area (TPSA) is 254 Å². The SMILES string of the molecule is CCCCCCCC/C=C\CCCCCCCCCCCCCC(=O)N[C@@H](CO[C@@H]1O[C@H](COS(=O)(=O)O)[C@@H](OS(=O)(=O)O)[C@H](OC(=O)c2ccccc2)[C@H]1OC(=O)c1ccccc1)[C@@H](/C=C/CCCCCCCCCCCCC)OC(=O)c1ccccc1.[Na+].[Na+]. The maximum Gasteiger partial charge on any atom is 1.00 e. The molecule has 1 aliphatic heterocycles. The number of benzene rings is 3. The molecule has 0 radical (unpaired) electrons. The van der Waals surface area contributed by atoms with E-state index in [4.69, 9.17) is 27.9 Å². The Morgan fingerprint density at radius 2 is 0.879 bits per heavy atom. The van der Waals surface area contributed by atoms with Crippen LogP contribution in [0.5, 0.6) is 0 Å². The number of esters is 3. The summed E-state index contributed by atoms with van der Waals surface area (Å²) in [6, 6.07) is 21.9. The van der Waals surface area contributed by atoms with E-state index < -0.39 is 101 Å². The Labute approximate surface area is 588 Å². The van der Waals surface area contributed by atoms with Gasteiger partial charge in [-0.1, -0.05) is 241 Å². The van der Waals surface area contributed by atoms with Gasteiger partial charge in [-0.3, -0.25) is 13.9 Å². The average Bonchev–Trinajstić information content (AvgIpc) is 1.02. The van der Waals surface area contributed by atoms with Crippen molar-refractivity contribution in [1.82, 2.24) is 5.32 Å². The zero-order valence-electron chi connectivity index (χ0n) is 54.9. The molecule has 1 fully saturated rings. The van der Waals surface area contributed by atoms with Gasteiger partial charge in [0.2, 0.25) is 5.91 Å². The van der Waals surface area contributed by atoms with Crippen LogP contribution in [0.1, 0.15) is 250 Å². The minimum atomic E-state index is -5.53. The molecule has 0 saturated carbocycles. The molecule has 0 aliphatic carbocycles. The molecule has 18 nitrogen and oxygen atoms in total. The number of amides is 1. The molecular weight excluding hydrogens is 1220 g/mol. The Kier molecular flexibility index (Phi) is 47.0. The van der Waals surface area contributed by atoms with Crippen LogP contribution >= 0.6 is 0 Å². The molecule has 0 unspecified atom stereocenters. The normalized spacial score (nSPS) is 17.4. The Morgan fingerprint density at radius 3 is 1.30 bits per heavy atom. The van der Waals surface area contributed by atoms with E-state index >= 15 is 0 Å². The number of hydrogen-bond acceptors (Lipinski definition) is 15. The number of carbonyl (C=O) groups is 4. The van der Waals surface area contributed by atoms with E-state index in [1.54, 1.807) is 48.5 Å². The predicted molar refractivity (Wildman–Crippen MR) is 345 cm³/mol. The van der Waals surface area contributed by atoms with E-state index in [1.165, 1.54) is 171 Å². The number of nitrogens with one attached hydrogen (secondary N) is 1. The molecule has 0 aromatic heterocycles. The van der Waals surface area contributed by atoms with Crippen molar-refractivity contribution in [2.75, 3.05) is 13.2 Å². The summed E-state index contributed by atoms with van der Waals surface area (Å²) in [7, 11) is -10.8. The Balaban J connectivity index is 0.0000141. The molecule has 91 heavy (non-hydrogen) atoms. The molecule has 7 atom stereocenters. The predicted octanol–water partition coefficient (Wildman–Crippen LogP) is 9.54. The first-order valence-corrected chi connectivity index (χ1v) is 35.7. The molecule has 1 heterocycles. The number of ether oxygens (including phenoxy) is 5. The third-order valence-corrected chi connectivity index (χ3v) is 16.5. The van der Waals surface area contributed by atoms with Crippen LogP contribution in [0.25, 0.3) is 0 Å². The van der Waals surface area contributed by atoms with Crippen LogP contribution < -0.4 is 64.4 Å². The van der Waals surface area contributed by atoms with Gasteiger partial charge in [0, 0.05) is 6.42 Å². The molecule has 4 rings (SSSR count). The number of rotatable bonds is 50. The fraction of sp³-hybridized carbons (Fsp3) is 0.623. The fourth-order valence-electron chi connectivity index (χ4n) is 10.6. The second-order valence-electron chi connectivity index (χ2n) is 23.2. The van der Waals surface area contributed by atoms with E-state index in [0.29, 0.717) is 12.8 Å². The standard InChI is InChI=1S/C69H103NO17S2.2Na/c1-3-5-7-9-11-13-15-17-18-19-20-21-22-23-24-26-28-30-32-34-45-53-62(71)70-59(60(83-66(72)56-46-38-35-39-47-56)52-44-33-31-29-27-25-16-14-12-10-8-6-4-2)54-81-69-65(86-68(74)58-50-42-37-43-51-58)64(85-67(73)57-48-40-36-41-49-57)63(87-89(78,79)80)61(84-69)55-82-88(75,76)77;;/h17-18,35-44,46-52,59-61,63-65,69H,3-16,19-34,45,53-55H2,1-2H3,(H,70,71)(H,75,76,77)(H,78,79,80);;/q;2*+1/b18-17-,52-44+;;/t59-,60+,61+,63+,64-,65+,69+;;/m0../s1. The number of hydrogen-bond donors (Lipinski definition) is 3. The summed E-state index contributed by atoms with van der Waals surface area (Å²) in [6.07, 6.45) is 32.1. The van der Waals surface area contributed by atoms with E-state index in [-0.39, 0.29) is 82.2 Å². The molecular formula is C69H103NNa2O17S2+2. The van der Waals surface area contributed by atoms with E-state index in [0.717, 1.165) is 64.2 Å². The monoisotopic (exact) mass is 1330 g/mol. The molecule has 3 aromatic rings. The first-order chi connectivity index (χ1) is 43.1. The largest absolute Gasteiger partial charge is 1.00 e.